The van der Waals surface area contributed by atoms with Gasteiger partial charge in [0, 0.05) is 5.56 Å². The van der Waals surface area contributed by atoms with E-state index in [0.717, 1.165) is 24.3 Å². The molecule has 2 aromatic rings. The molecule has 0 aliphatic carbocycles. The maximum Gasteiger partial charge on any atom is 0.126 e. The Morgan fingerprint density at radius 1 is 0.810 bits per heavy atom. The second kappa shape index (κ2) is 9.02. The first-order chi connectivity index (χ1) is 10.4. The number of unbranched alkanes of at least 4 members (excludes halogenated alkanes) is 3. The minimum absolute atomic E-state index is 0.802. The van der Waals surface area contributed by atoms with Crippen molar-refractivity contribution >= 4 is 12.2 Å². The fourth-order valence-electron chi connectivity index (χ4n) is 2.21. The normalized spacial score (nSPS) is 10.9. The summed E-state index contributed by atoms with van der Waals surface area (Å²) >= 11 is 0. The van der Waals surface area contributed by atoms with Gasteiger partial charge >= 0.3 is 0 Å². The van der Waals surface area contributed by atoms with Crippen molar-refractivity contribution in [2.45, 2.75) is 32.6 Å². The van der Waals surface area contributed by atoms with Crippen molar-refractivity contribution in [2.75, 3.05) is 6.61 Å². The summed E-state index contributed by atoms with van der Waals surface area (Å²) in [6, 6.07) is 18.6. The highest BCUT2D eigenvalue weighted by atomic mass is 16.5. The molecule has 0 atom stereocenters. The Morgan fingerprint density at radius 3 is 2.38 bits per heavy atom. The largest absolute Gasteiger partial charge is 0.493 e. The molecule has 2 aromatic carbocycles. The van der Waals surface area contributed by atoms with E-state index in [1.54, 1.807) is 0 Å². The number of para-hydroxylation sites is 1. The summed E-state index contributed by atoms with van der Waals surface area (Å²) < 4.78 is 5.92. The third-order valence-corrected chi connectivity index (χ3v) is 3.43. The van der Waals surface area contributed by atoms with Gasteiger partial charge in [-0.3, -0.25) is 0 Å². The van der Waals surface area contributed by atoms with Crippen molar-refractivity contribution in [1.82, 2.24) is 0 Å². The van der Waals surface area contributed by atoms with Gasteiger partial charge in [-0.05, 0) is 18.1 Å². The average Bonchev–Trinajstić information content (AvgIpc) is 2.55. The second-order valence-electron chi connectivity index (χ2n) is 5.19. The topological polar surface area (TPSA) is 9.23 Å². The molecule has 0 spiro atoms. The number of rotatable bonds is 8. The summed E-state index contributed by atoms with van der Waals surface area (Å²) in [7, 11) is 0. The predicted octanol–water partition coefficient (Wildman–Crippen LogP) is 5.82. The molecule has 2 rings (SSSR count). The van der Waals surface area contributed by atoms with Gasteiger partial charge in [0.2, 0.25) is 0 Å². The maximum absolute atomic E-state index is 5.92. The smallest absolute Gasteiger partial charge is 0.126 e. The van der Waals surface area contributed by atoms with Gasteiger partial charge in [0.25, 0.3) is 0 Å². The van der Waals surface area contributed by atoms with E-state index in [1.165, 1.54) is 24.8 Å². The number of ether oxygens (including phenoxy) is 1. The first-order valence-electron chi connectivity index (χ1n) is 7.85. The summed E-state index contributed by atoms with van der Waals surface area (Å²) in [5.74, 6) is 0.973. The van der Waals surface area contributed by atoms with Crippen LogP contribution in [0.25, 0.3) is 12.2 Å². The summed E-state index contributed by atoms with van der Waals surface area (Å²) in [4.78, 5) is 0. The summed E-state index contributed by atoms with van der Waals surface area (Å²) in [5.41, 5.74) is 2.34. The SMILES string of the molecule is CCCCCCOc1ccccc1C=Cc1ccccc1. The Hall–Kier alpha value is -2.02. The third-order valence-electron chi connectivity index (χ3n) is 3.43. The first-order valence-corrected chi connectivity index (χ1v) is 7.85. The van der Waals surface area contributed by atoms with Gasteiger partial charge in [-0.2, -0.15) is 0 Å². The Labute approximate surface area is 128 Å². The molecule has 110 valence electrons. The average molecular weight is 280 g/mol. The quantitative estimate of drug-likeness (QED) is 0.437. The lowest BCUT2D eigenvalue weighted by atomic mass is 10.1. The van der Waals surface area contributed by atoms with Crippen LogP contribution in [0.1, 0.15) is 43.7 Å². The Kier molecular flexibility index (Phi) is 6.60. The fraction of sp³-hybridized carbons (Fsp3) is 0.300. The van der Waals surface area contributed by atoms with Crippen LogP contribution in [-0.2, 0) is 0 Å². The zero-order chi connectivity index (χ0) is 14.8. The van der Waals surface area contributed by atoms with Crippen LogP contribution in [0.2, 0.25) is 0 Å². The molecule has 1 nitrogen and oxygen atoms in total. The van der Waals surface area contributed by atoms with Crippen molar-refractivity contribution < 1.29 is 4.74 Å². The number of hydrogen-bond donors (Lipinski definition) is 0. The summed E-state index contributed by atoms with van der Waals surface area (Å²) in [6.45, 7) is 3.03. The number of benzene rings is 2. The van der Waals surface area contributed by atoms with Gasteiger partial charge in [-0.1, -0.05) is 86.9 Å². The molecule has 0 N–H and O–H groups in total. The minimum Gasteiger partial charge on any atom is -0.493 e. The Morgan fingerprint density at radius 2 is 1.57 bits per heavy atom. The molecule has 0 unspecified atom stereocenters. The van der Waals surface area contributed by atoms with Crippen molar-refractivity contribution in [3.8, 4) is 5.75 Å². The van der Waals surface area contributed by atoms with Crippen LogP contribution in [0.4, 0.5) is 0 Å². The summed E-state index contributed by atoms with van der Waals surface area (Å²) in [5, 5.41) is 0. The monoisotopic (exact) mass is 280 g/mol. The van der Waals surface area contributed by atoms with Crippen LogP contribution in [0.5, 0.6) is 5.75 Å². The molecule has 0 saturated carbocycles. The van der Waals surface area contributed by atoms with Crippen molar-refractivity contribution in [3.05, 3.63) is 65.7 Å². The van der Waals surface area contributed by atoms with Gasteiger partial charge in [-0.15, -0.1) is 0 Å². The molecule has 0 radical (unpaired) electrons. The van der Waals surface area contributed by atoms with Crippen LogP contribution >= 0.6 is 0 Å². The van der Waals surface area contributed by atoms with E-state index in [1.807, 2.05) is 18.2 Å². The molecule has 0 aliphatic rings. The van der Waals surface area contributed by atoms with E-state index in [4.69, 9.17) is 4.74 Å². The molecule has 0 fully saturated rings. The van der Waals surface area contributed by atoms with Crippen LogP contribution in [0, 0.1) is 0 Å². The molecular weight excluding hydrogens is 256 g/mol. The maximum atomic E-state index is 5.92. The van der Waals surface area contributed by atoms with Gasteiger partial charge in [0.1, 0.15) is 5.75 Å². The van der Waals surface area contributed by atoms with E-state index in [2.05, 4.69) is 55.5 Å². The first kappa shape index (κ1) is 15.4. The van der Waals surface area contributed by atoms with Crippen LogP contribution in [0.3, 0.4) is 0 Å². The highest BCUT2D eigenvalue weighted by molar-refractivity contribution is 5.72. The lowest BCUT2D eigenvalue weighted by molar-refractivity contribution is 0.304. The van der Waals surface area contributed by atoms with E-state index in [-0.39, 0.29) is 0 Å². The third kappa shape index (κ3) is 5.47. The van der Waals surface area contributed by atoms with Gasteiger partial charge in [0.05, 0.1) is 6.61 Å². The molecule has 0 aromatic heterocycles. The highest BCUT2D eigenvalue weighted by Gasteiger charge is 1.99. The van der Waals surface area contributed by atoms with Crippen LogP contribution in [0.15, 0.2) is 54.6 Å². The minimum atomic E-state index is 0.802. The Balaban J connectivity index is 1.95. The Bertz CT molecular complexity index is 543. The van der Waals surface area contributed by atoms with E-state index in [9.17, 15) is 0 Å². The van der Waals surface area contributed by atoms with Gasteiger partial charge < -0.3 is 4.74 Å². The second-order valence-corrected chi connectivity index (χ2v) is 5.19. The standard InChI is InChI=1S/C20H24O/c1-2-3-4-10-17-21-20-14-9-8-13-19(20)16-15-18-11-6-5-7-12-18/h5-9,11-16H,2-4,10,17H2,1H3. The highest BCUT2D eigenvalue weighted by Crippen LogP contribution is 2.21. The molecule has 0 heterocycles. The molecule has 0 saturated heterocycles. The zero-order valence-electron chi connectivity index (χ0n) is 12.8. The molecule has 0 aliphatic heterocycles. The van der Waals surface area contributed by atoms with Crippen LogP contribution in [-0.4, -0.2) is 6.61 Å². The molecule has 1 heteroatoms. The molecular formula is C20H24O. The summed E-state index contributed by atoms with van der Waals surface area (Å²) in [6.07, 6.45) is 9.17. The van der Waals surface area contributed by atoms with E-state index < -0.39 is 0 Å². The lowest BCUT2D eigenvalue weighted by Crippen LogP contribution is -1.98. The zero-order valence-corrected chi connectivity index (χ0v) is 12.8. The lowest BCUT2D eigenvalue weighted by Gasteiger charge is -2.09. The van der Waals surface area contributed by atoms with E-state index in [0.29, 0.717) is 0 Å². The molecule has 21 heavy (non-hydrogen) atoms. The van der Waals surface area contributed by atoms with Crippen molar-refractivity contribution in [1.29, 1.82) is 0 Å². The van der Waals surface area contributed by atoms with Crippen LogP contribution < -0.4 is 4.74 Å². The van der Waals surface area contributed by atoms with Crippen molar-refractivity contribution in [2.24, 2.45) is 0 Å². The van der Waals surface area contributed by atoms with E-state index >= 15 is 0 Å². The number of hydrogen-bond acceptors (Lipinski definition) is 1. The molecule has 0 bridgehead atoms. The van der Waals surface area contributed by atoms with Gasteiger partial charge in [-0.25, -0.2) is 0 Å². The molecule has 0 amide bonds. The van der Waals surface area contributed by atoms with Gasteiger partial charge in [0.15, 0.2) is 0 Å². The predicted molar refractivity (Wildman–Crippen MR) is 91.4 cm³/mol. The fourth-order valence-corrected chi connectivity index (χ4v) is 2.21. The van der Waals surface area contributed by atoms with Crippen molar-refractivity contribution in [3.63, 3.8) is 0 Å².